The summed E-state index contributed by atoms with van der Waals surface area (Å²) >= 11 is 0. The van der Waals surface area contributed by atoms with Crippen molar-refractivity contribution >= 4 is 5.96 Å². The molecule has 0 amide bonds. The third-order valence-corrected chi connectivity index (χ3v) is 3.72. The summed E-state index contributed by atoms with van der Waals surface area (Å²) in [4.78, 5) is 4.57. The Morgan fingerprint density at radius 1 is 1.09 bits per heavy atom. The molecule has 0 aromatic heterocycles. The van der Waals surface area contributed by atoms with E-state index < -0.39 is 0 Å². The number of guanidine groups is 1. The molecule has 1 aliphatic rings. The first-order chi connectivity index (χ1) is 11.4. The third-order valence-electron chi connectivity index (χ3n) is 3.72. The second kappa shape index (κ2) is 14.7. The largest absolute Gasteiger partial charge is 0.382 e. The first kappa shape index (κ1) is 20.2. The first-order valence-corrected chi connectivity index (χ1v) is 9.12. The zero-order valence-electron chi connectivity index (χ0n) is 14.9. The van der Waals surface area contributed by atoms with Gasteiger partial charge in [0.1, 0.15) is 0 Å². The Bertz CT molecular complexity index is 295. The van der Waals surface area contributed by atoms with E-state index in [2.05, 4.69) is 22.5 Å². The molecule has 0 aromatic rings. The molecule has 0 spiro atoms. The molecule has 6 heteroatoms. The molecule has 2 N–H and O–H groups in total. The van der Waals surface area contributed by atoms with Crippen molar-refractivity contribution in [2.75, 3.05) is 59.3 Å². The van der Waals surface area contributed by atoms with E-state index in [1.165, 1.54) is 0 Å². The van der Waals surface area contributed by atoms with Crippen LogP contribution in [0.25, 0.3) is 0 Å². The van der Waals surface area contributed by atoms with Gasteiger partial charge in [0.2, 0.25) is 0 Å². The molecule has 0 saturated carbocycles. The molecule has 1 saturated heterocycles. The maximum absolute atomic E-state index is 5.76. The van der Waals surface area contributed by atoms with E-state index in [1.807, 2.05) is 6.92 Å². The molecule has 1 heterocycles. The lowest BCUT2D eigenvalue weighted by Crippen LogP contribution is -2.38. The summed E-state index contributed by atoms with van der Waals surface area (Å²) in [6.45, 7) is 11.6. The Labute approximate surface area is 141 Å². The van der Waals surface area contributed by atoms with Gasteiger partial charge in [0.05, 0.1) is 0 Å². The van der Waals surface area contributed by atoms with Gasteiger partial charge in [0, 0.05) is 59.3 Å². The van der Waals surface area contributed by atoms with E-state index >= 15 is 0 Å². The van der Waals surface area contributed by atoms with Crippen LogP contribution in [0.15, 0.2) is 4.99 Å². The monoisotopic (exact) mass is 329 g/mol. The molecule has 0 bridgehead atoms. The summed E-state index contributed by atoms with van der Waals surface area (Å²) in [6.07, 6.45) is 4.22. The van der Waals surface area contributed by atoms with Crippen molar-refractivity contribution in [2.45, 2.75) is 39.5 Å². The van der Waals surface area contributed by atoms with Gasteiger partial charge < -0.3 is 24.8 Å². The molecular formula is C17H35N3O3. The average Bonchev–Trinajstić information content (AvgIpc) is 2.58. The van der Waals surface area contributed by atoms with Gasteiger partial charge in [-0.25, -0.2) is 0 Å². The fourth-order valence-corrected chi connectivity index (χ4v) is 2.39. The molecule has 23 heavy (non-hydrogen) atoms. The minimum atomic E-state index is 0.677. The minimum Gasteiger partial charge on any atom is -0.382 e. The number of nitrogens with one attached hydrogen (secondary N) is 2. The van der Waals surface area contributed by atoms with Crippen molar-refractivity contribution in [3.8, 4) is 0 Å². The molecule has 1 rings (SSSR count). The average molecular weight is 329 g/mol. The van der Waals surface area contributed by atoms with Crippen LogP contribution in [0.1, 0.15) is 39.5 Å². The van der Waals surface area contributed by atoms with Crippen molar-refractivity contribution in [3.05, 3.63) is 0 Å². The highest BCUT2D eigenvalue weighted by Gasteiger charge is 2.13. The molecule has 0 aromatic carbocycles. The van der Waals surface area contributed by atoms with Gasteiger partial charge in [-0.1, -0.05) is 0 Å². The lowest BCUT2D eigenvalue weighted by molar-refractivity contribution is 0.0205. The first-order valence-electron chi connectivity index (χ1n) is 9.12. The molecule has 136 valence electrons. The maximum atomic E-state index is 5.76. The summed E-state index contributed by atoms with van der Waals surface area (Å²) in [5.74, 6) is 1.56. The van der Waals surface area contributed by atoms with Crippen LogP contribution in [0.2, 0.25) is 0 Å². The molecule has 1 aliphatic heterocycles. The van der Waals surface area contributed by atoms with Crippen molar-refractivity contribution < 1.29 is 14.2 Å². The Balaban J connectivity index is 2.03. The second-order valence-electron chi connectivity index (χ2n) is 5.72. The van der Waals surface area contributed by atoms with Gasteiger partial charge >= 0.3 is 0 Å². The number of aliphatic imine (C=N–C) groups is 1. The molecule has 1 fully saturated rings. The van der Waals surface area contributed by atoms with Gasteiger partial charge in [0.15, 0.2) is 5.96 Å². The van der Waals surface area contributed by atoms with Crippen LogP contribution in [0.4, 0.5) is 0 Å². The normalized spacial score (nSPS) is 16.5. The molecule has 6 nitrogen and oxygen atoms in total. The lowest BCUT2D eigenvalue weighted by atomic mass is 10.0. The number of hydrogen-bond acceptors (Lipinski definition) is 4. The van der Waals surface area contributed by atoms with Crippen LogP contribution >= 0.6 is 0 Å². The number of ether oxygens (including phenoxy) is 3. The van der Waals surface area contributed by atoms with E-state index in [4.69, 9.17) is 14.2 Å². The molecule has 0 aliphatic carbocycles. The summed E-state index contributed by atoms with van der Waals surface area (Å²) in [7, 11) is 0. The number of nitrogens with zero attached hydrogens (tertiary/aromatic N) is 1. The topological polar surface area (TPSA) is 64.1 Å². The van der Waals surface area contributed by atoms with Crippen molar-refractivity contribution in [3.63, 3.8) is 0 Å². The Morgan fingerprint density at radius 2 is 1.87 bits per heavy atom. The van der Waals surface area contributed by atoms with Crippen LogP contribution < -0.4 is 10.6 Å². The SMILES string of the molecule is CCNC(=NCCCOCC1CCOCC1)NCCCOCC. The summed E-state index contributed by atoms with van der Waals surface area (Å²) in [5.41, 5.74) is 0. The smallest absolute Gasteiger partial charge is 0.191 e. The summed E-state index contributed by atoms with van der Waals surface area (Å²) in [5, 5.41) is 6.59. The predicted molar refractivity (Wildman–Crippen MR) is 94.1 cm³/mol. The molecular weight excluding hydrogens is 294 g/mol. The summed E-state index contributed by atoms with van der Waals surface area (Å²) in [6, 6.07) is 0. The van der Waals surface area contributed by atoms with E-state index in [0.29, 0.717) is 5.92 Å². The van der Waals surface area contributed by atoms with Crippen LogP contribution in [-0.2, 0) is 14.2 Å². The van der Waals surface area contributed by atoms with Crippen LogP contribution in [0.5, 0.6) is 0 Å². The Kier molecular flexibility index (Phi) is 12.9. The Morgan fingerprint density at radius 3 is 2.61 bits per heavy atom. The zero-order chi connectivity index (χ0) is 16.6. The van der Waals surface area contributed by atoms with Crippen molar-refractivity contribution in [1.29, 1.82) is 0 Å². The van der Waals surface area contributed by atoms with Gasteiger partial charge in [-0.2, -0.15) is 0 Å². The van der Waals surface area contributed by atoms with Gasteiger partial charge in [-0.05, 0) is 45.4 Å². The maximum Gasteiger partial charge on any atom is 0.191 e. The van der Waals surface area contributed by atoms with Crippen LogP contribution in [-0.4, -0.2) is 65.2 Å². The minimum absolute atomic E-state index is 0.677. The van der Waals surface area contributed by atoms with Gasteiger partial charge in [-0.3, -0.25) is 4.99 Å². The van der Waals surface area contributed by atoms with Crippen molar-refractivity contribution in [1.82, 2.24) is 10.6 Å². The van der Waals surface area contributed by atoms with E-state index in [0.717, 1.165) is 90.9 Å². The quantitative estimate of drug-likeness (QED) is 0.325. The molecule has 0 unspecified atom stereocenters. The fraction of sp³-hybridized carbons (Fsp3) is 0.941. The van der Waals surface area contributed by atoms with Crippen LogP contribution in [0, 0.1) is 5.92 Å². The molecule has 0 atom stereocenters. The lowest BCUT2D eigenvalue weighted by Gasteiger charge is -2.21. The van der Waals surface area contributed by atoms with Gasteiger partial charge in [-0.15, -0.1) is 0 Å². The fourth-order valence-electron chi connectivity index (χ4n) is 2.39. The highest BCUT2D eigenvalue weighted by atomic mass is 16.5. The standard InChI is InChI=1S/C17H35N3O3/c1-3-18-17(19-9-5-11-21-4-2)20-10-6-12-23-15-16-7-13-22-14-8-16/h16H,3-15H2,1-2H3,(H2,18,19,20). The highest BCUT2D eigenvalue weighted by molar-refractivity contribution is 5.79. The van der Waals surface area contributed by atoms with E-state index in [-0.39, 0.29) is 0 Å². The third kappa shape index (κ3) is 11.3. The summed E-state index contributed by atoms with van der Waals surface area (Å²) < 4.78 is 16.4. The van der Waals surface area contributed by atoms with E-state index in [9.17, 15) is 0 Å². The number of hydrogen-bond donors (Lipinski definition) is 2. The second-order valence-corrected chi connectivity index (χ2v) is 5.72. The molecule has 0 radical (unpaired) electrons. The zero-order valence-corrected chi connectivity index (χ0v) is 14.9. The Hall–Kier alpha value is -0.850. The van der Waals surface area contributed by atoms with Crippen LogP contribution in [0.3, 0.4) is 0 Å². The number of rotatable bonds is 12. The predicted octanol–water partition coefficient (Wildman–Crippen LogP) is 1.80. The van der Waals surface area contributed by atoms with Crippen molar-refractivity contribution in [2.24, 2.45) is 10.9 Å². The highest BCUT2D eigenvalue weighted by Crippen LogP contribution is 2.14. The van der Waals surface area contributed by atoms with Gasteiger partial charge in [0.25, 0.3) is 0 Å². The van der Waals surface area contributed by atoms with E-state index in [1.54, 1.807) is 0 Å².